The first-order valence-corrected chi connectivity index (χ1v) is 8.38. The second kappa shape index (κ2) is 8.65. The fraction of sp³-hybridized carbons (Fsp3) is 0.105. The Morgan fingerprint density at radius 3 is 2.66 bits per heavy atom. The van der Waals surface area contributed by atoms with Gasteiger partial charge in [0.1, 0.15) is 5.69 Å². The number of ether oxygens (including phenoxy) is 2. The zero-order valence-electron chi connectivity index (χ0n) is 15.6. The molecule has 0 spiro atoms. The molecular weight excluding hydrogens is 378 g/mol. The average Bonchev–Trinajstić information content (AvgIpc) is 3.23. The first-order valence-electron chi connectivity index (χ1n) is 8.38. The van der Waals surface area contributed by atoms with E-state index in [1.807, 2.05) is 0 Å². The lowest BCUT2D eigenvalue weighted by Gasteiger charge is -2.08. The summed E-state index contributed by atoms with van der Waals surface area (Å²) in [6.07, 6.45) is 1.21. The number of carbonyl (C=O) groups excluding carboxylic acids is 1. The van der Waals surface area contributed by atoms with Crippen LogP contribution in [0.3, 0.4) is 0 Å². The van der Waals surface area contributed by atoms with Crippen molar-refractivity contribution in [3.63, 3.8) is 0 Å². The molecule has 0 fully saturated rings. The summed E-state index contributed by atoms with van der Waals surface area (Å²) in [5, 5.41) is 21.5. The van der Waals surface area contributed by atoms with Crippen molar-refractivity contribution in [1.82, 2.24) is 15.6 Å². The number of aromatic nitrogens is 2. The number of nitro groups is 1. The molecule has 0 aliphatic carbocycles. The van der Waals surface area contributed by atoms with Crippen molar-refractivity contribution in [3.8, 4) is 22.8 Å². The number of benzene rings is 2. The molecule has 0 aliphatic rings. The third-order valence-corrected chi connectivity index (χ3v) is 4.00. The number of H-pyrrole nitrogens is 1. The molecule has 0 atom stereocenters. The molecule has 10 nitrogen and oxygen atoms in total. The van der Waals surface area contributed by atoms with E-state index in [-0.39, 0.29) is 16.9 Å². The molecule has 10 heteroatoms. The highest BCUT2D eigenvalue weighted by Gasteiger charge is 2.13. The molecule has 0 aliphatic heterocycles. The van der Waals surface area contributed by atoms with E-state index < -0.39 is 10.8 Å². The molecule has 0 radical (unpaired) electrons. The summed E-state index contributed by atoms with van der Waals surface area (Å²) >= 11 is 0. The molecule has 3 rings (SSSR count). The molecule has 0 bridgehead atoms. The zero-order valence-corrected chi connectivity index (χ0v) is 15.6. The van der Waals surface area contributed by atoms with E-state index in [1.165, 1.54) is 25.5 Å². The van der Waals surface area contributed by atoms with Gasteiger partial charge in [-0.1, -0.05) is 12.1 Å². The quantitative estimate of drug-likeness (QED) is 0.359. The monoisotopic (exact) mass is 395 g/mol. The number of methoxy groups -OCH3 is 2. The van der Waals surface area contributed by atoms with Gasteiger partial charge in [0, 0.05) is 11.6 Å². The van der Waals surface area contributed by atoms with Gasteiger partial charge in [-0.05, 0) is 30.3 Å². The Morgan fingerprint density at radius 1 is 1.17 bits per heavy atom. The van der Waals surface area contributed by atoms with Crippen molar-refractivity contribution >= 4 is 17.8 Å². The minimum Gasteiger partial charge on any atom is -0.493 e. The number of amides is 1. The minimum absolute atomic E-state index is 0.109. The smallest absolute Gasteiger partial charge is 0.289 e. The Kier molecular flexibility index (Phi) is 5.83. The van der Waals surface area contributed by atoms with Gasteiger partial charge in [-0.2, -0.15) is 10.2 Å². The third-order valence-electron chi connectivity index (χ3n) is 4.00. The van der Waals surface area contributed by atoms with Gasteiger partial charge in [-0.3, -0.25) is 20.0 Å². The van der Waals surface area contributed by atoms with E-state index >= 15 is 0 Å². The Balaban J connectivity index is 1.73. The first-order chi connectivity index (χ1) is 14.0. The summed E-state index contributed by atoms with van der Waals surface area (Å²) < 4.78 is 10.5. The molecule has 2 N–H and O–H groups in total. The van der Waals surface area contributed by atoms with E-state index in [1.54, 1.807) is 43.5 Å². The Bertz CT molecular complexity index is 1080. The van der Waals surface area contributed by atoms with Gasteiger partial charge in [0.05, 0.1) is 36.6 Å². The van der Waals surface area contributed by atoms with Gasteiger partial charge < -0.3 is 9.47 Å². The van der Waals surface area contributed by atoms with Gasteiger partial charge >= 0.3 is 0 Å². The first kappa shape index (κ1) is 19.5. The molecule has 3 aromatic rings. The van der Waals surface area contributed by atoms with Crippen LogP contribution in [0.5, 0.6) is 11.5 Å². The third kappa shape index (κ3) is 4.38. The lowest BCUT2D eigenvalue weighted by molar-refractivity contribution is -0.385. The van der Waals surface area contributed by atoms with Crippen LogP contribution < -0.4 is 14.9 Å². The van der Waals surface area contributed by atoms with Crippen LogP contribution in [0, 0.1) is 10.1 Å². The number of para-hydroxylation sites is 1. The van der Waals surface area contributed by atoms with Crippen molar-refractivity contribution in [3.05, 3.63) is 69.9 Å². The number of carbonyl (C=O) groups is 1. The van der Waals surface area contributed by atoms with Crippen LogP contribution in [-0.2, 0) is 0 Å². The van der Waals surface area contributed by atoms with Gasteiger partial charge in [0.15, 0.2) is 11.5 Å². The topological polar surface area (TPSA) is 132 Å². The summed E-state index contributed by atoms with van der Waals surface area (Å²) in [5.74, 6) is 0.571. The molecule has 0 unspecified atom stereocenters. The number of hydrogen-bond donors (Lipinski definition) is 2. The molecular formula is C19H17N5O5. The molecule has 0 saturated heterocycles. The summed E-state index contributed by atoms with van der Waals surface area (Å²) in [7, 11) is 3.07. The Hall–Kier alpha value is -4.21. The normalized spacial score (nSPS) is 10.7. The summed E-state index contributed by atoms with van der Waals surface area (Å²) in [6.45, 7) is 0. The van der Waals surface area contributed by atoms with Crippen molar-refractivity contribution in [1.29, 1.82) is 0 Å². The highest BCUT2D eigenvalue weighted by Crippen LogP contribution is 2.31. The minimum atomic E-state index is -0.543. The second-order valence-electron chi connectivity index (χ2n) is 5.75. The highest BCUT2D eigenvalue weighted by molar-refractivity contribution is 5.94. The van der Waals surface area contributed by atoms with Crippen LogP contribution in [0.4, 0.5) is 5.69 Å². The van der Waals surface area contributed by atoms with E-state index in [0.717, 1.165) is 5.56 Å². The number of nitrogens with one attached hydrogen (secondary N) is 2. The lowest BCUT2D eigenvalue weighted by Crippen LogP contribution is -2.18. The summed E-state index contributed by atoms with van der Waals surface area (Å²) in [6, 6.07) is 12.9. The maximum absolute atomic E-state index is 12.2. The fourth-order valence-electron chi connectivity index (χ4n) is 2.57. The van der Waals surface area contributed by atoms with E-state index in [0.29, 0.717) is 17.2 Å². The molecule has 2 aromatic carbocycles. The predicted molar refractivity (Wildman–Crippen MR) is 105 cm³/mol. The number of nitro benzene ring substituents is 1. The van der Waals surface area contributed by atoms with Crippen molar-refractivity contribution in [2.45, 2.75) is 0 Å². The highest BCUT2D eigenvalue weighted by atomic mass is 16.6. The largest absolute Gasteiger partial charge is 0.493 e. The SMILES string of the molecule is COc1ccc(-c2cc(C(=O)N/N=C/c3ccccc3[N+](=O)[O-])[nH]n2)cc1OC. The number of rotatable bonds is 7. The maximum atomic E-state index is 12.2. The van der Waals surface area contributed by atoms with Gasteiger partial charge in [0.25, 0.3) is 11.6 Å². The summed E-state index contributed by atoms with van der Waals surface area (Å²) in [4.78, 5) is 22.7. The number of nitrogens with zero attached hydrogens (tertiary/aromatic N) is 3. The summed E-state index contributed by atoms with van der Waals surface area (Å²) in [5.41, 5.74) is 3.90. The fourth-order valence-corrected chi connectivity index (χ4v) is 2.57. The number of hydrogen-bond acceptors (Lipinski definition) is 7. The molecule has 0 saturated carbocycles. The maximum Gasteiger partial charge on any atom is 0.289 e. The molecule has 1 aromatic heterocycles. The van der Waals surface area contributed by atoms with E-state index in [4.69, 9.17) is 9.47 Å². The van der Waals surface area contributed by atoms with Gasteiger partial charge in [-0.25, -0.2) is 5.43 Å². The lowest BCUT2D eigenvalue weighted by atomic mass is 10.1. The van der Waals surface area contributed by atoms with Gasteiger partial charge in [-0.15, -0.1) is 0 Å². The van der Waals surface area contributed by atoms with Crippen LogP contribution in [0.25, 0.3) is 11.3 Å². The van der Waals surface area contributed by atoms with Gasteiger partial charge in [0.2, 0.25) is 0 Å². The molecule has 1 amide bonds. The molecule has 148 valence electrons. The molecule has 29 heavy (non-hydrogen) atoms. The second-order valence-corrected chi connectivity index (χ2v) is 5.75. The van der Waals surface area contributed by atoms with Crippen LogP contribution >= 0.6 is 0 Å². The molecule has 1 heterocycles. The van der Waals surface area contributed by atoms with E-state index in [2.05, 4.69) is 20.7 Å². The van der Waals surface area contributed by atoms with Crippen LogP contribution in [0.1, 0.15) is 16.1 Å². The van der Waals surface area contributed by atoms with Crippen LogP contribution in [0.2, 0.25) is 0 Å². The average molecular weight is 395 g/mol. The Morgan fingerprint density at radius 2 is 1.93 bits per heavy atom. The van der Waals surface area contributed by atoms with Crippen molar-refractivity contribution in [2.24, 2.45) is 5.10 Å². The number of aromatic amines is 1. The number of hydrazone groups is 1. The zero-order chi connectivity index (χ0) is 20.8. The van der Waals surface area contributed by atoms with Crippen LogP contribution in [0.15, 0.2) is 53.6 Å². The van der Waals surface area contributed by atoms with Crippen molar-refractivity contribution < 1.29 is 19.2 Å². The Labute approximate surface area is 165 Å². The van der Waals surface area contributed by atoms with Crippen molar-refractivity contribution in [2.75, 3.05) is 14.2 Å². The standard InChI is InChI=1S/C19H17N5O5/c1-28-17-8-7-12(9-18(17)29-2)14-10-15(22-21-14)19(25)23-20-11-13-5-3-4-6-16(13)24(26)27/h3-11H,1-2H3,(H,21,22)(H,23,25)/b20-11+. The van der Waals surface area contributed by atoms with E-state index in [9.17, 15) is 14.9 Å². The predicted octanol–water partition coefficient (Wildman–Crippen LogP) is 2.77. The van der Waals surface area contributed by atoms with Crippen LogP contribution in [-0.4, -0.2) is 41.5 Å².